The number of hydrogen-bond acceptors (Lipinski definition) is 0. The highest BCUT2D eigenvalue weighted by Crippen LogP contribution is 2.41. The molecule has 11 aromatic rings. The highest BCUT2D eigenvalue weighted by Gasteiger charge is 2.14. The van der Waals surface area contributed by atoms with Gasteiger partial charge in [-0.1, -0.05) is 176 Å². The van der Waals surface area contributed by atoms with Crippen LogP contribution in [0.25, 0.3) is 109 Å². The molecule has 0 heteroatoms. The summed E-state index contributed by atoms with van der Waals surface area (Å²) in [6.07, 6.45) is 0. The predicted molar refractivity (Wildman–Crippen MR) is 216 cm³/mol. The SMILES string of the molecule is c1cc(-c2ccc(-c3ccc(-c4ccc5ccc6cccc7ccc4c5c67)cc3)cc2)cc(-c2ccc3ccc4cccc5ccc2c3c45)c1. The second-order valence-corrected chi connectivity index (χ2v) is 13.7. The van der Waals surface area contributed by atoms with E-state index in [2.05, 4.69) is 182 Å². The third kappa shape index (κ3) is 4.06. The standard InChI is InChI=1S/C50H30/c1-4-35-18-20-39-22-26-43(45-28-24-37(6-1)47(35)49(39)45)34-16-14-32(15-17-34)31-10-12-33(13-11-31)41-8-3-9-42(30-41)44-27-23-40-21-19-36-5-2-7-38-25-29-46(44)50(40)48(36)38/h1-30H. The zero-order valence-electron chi connectivity index (χ0n) is 27.3. The van der Waals surface area contributed by atoms with Gasteiger partial charge in [0.05, 0.1) is 0 Å². The molecule has 0 saturated carbocycles. The molecule has 0 radical (unpaired) electrons. The first-order valence-corrected chi connectivity index (χ1v) is 17.4. The van der Waals surface area contributed by atoms with E-state index in [1.807, 2.05) is 0 Å². The van der Waals surface area contributed by atoms with Crippen molar-refractivity contribution in [2.24, 2.45) is 0 Å². The summed E-state index contributed by atoms with van der Waals surface area (Å²) in [6.45, 7) is 0. The molecule has 0 aliphatic carbocycles. The maximum absolute atomic E-state index is 2.34. The lowest BCUT2D eigenvalue weighted by molar-refractivity contribution is 1.58. The lowest BCUT2D eigenvalue weighted by Crippen LogP contribution is -1.88. The van der Waals surface area contributed by atoms with Gasteiger partial charge in [-0.05, 0) is 115 Å². The van der Waals surface area contributed by atoms with Gasteiger partial charge in [0, 0.05) is 0 Å². The van der Waals surface area contributed by atoms with E-state index in [4.69, 9.17) is 0 Å². The molecule has 0 unspecified atom stereocenters. The number of rotatable bonds is 4. The normalized spacial score (nSPS) is 12.0. The van der Waals surface area contributed by atoms with Crippen molar-refractivity contribution in [3.63, 3.8) is 0 Å². The maximum atomic E-state index is 2.34. The Morgan fingerprint density at radius 2 is 0.540 bits per heavy atom. The minimum Gasteiger partial charge on any atom is -0.0610 e. The van der Waals surface area contributed by atoms with Crippen LogP contribution in [0.3, 0.4) is 0 Å². The van der Waals surface area contributed by atoms with Gasteiger partial charge in [0.1, 0.15) is 0 Å². The Hall–Kier alpha value is -6.50. The Kier molecular flexibility index (Phi) is 5.76. The van der Waals surface area contributed by atoms with Gasteiger partial charge >= 0.3 is 0 Å². The Morgan fingerprint density at radius 3 is 1.04 bits per heavy atom. The Labute approximate surface area is 290 Å². The first kappa shape index (κ1) is 27.5. The van der Waals surface area contributed by atoms with E-state index >= 15 is 0 Å². The first-order valence-electron chi connectivity index (χ1n) is 17.4. The molecule has 11 rings (SSSR count). The second kappa shape index (κ2) is 10.5. The van der Waals surface area contributed by atoms with Crippen LogP contribution in [0.5, 0.6) is 0 Å². The molecule has 0 atom stereocenters. The zero-order chi connectivity index (χ0) is 32.8. The Morgan fingerprint density at radius 1 is 0.200 bits per heavy atom. The van der Waals surface area contributed by atoms with E-state index < -0.39 is 0 Å². The zero-order valence-corrected chi connectivity index (χ0v) is 27.3. The highest BCUT2D eigenvalue weighted by molar-refractivity contribution is 6.26. The third-order valence-electron chi connectivity index (χ3n) is 11.0. The molecular weight excluding hydrogens is 601 g/mol. The average Bonchev–Trinajstić information content (AvgIpc) is 3.19. The average molecular weight is 631 g/mol. The monoisotopic (exact) mass is 630 g/mol. The van der Waals surface area contributed by atoms with Crippen molar-refractivity contribution >= 4 is 64.6 Å². The van der Waals surface area contributed by atoms with Crippen molar-refractivity contribution in [1.29, 1.82) is 0 Å². The van der Waals surface area contributed by atoms with Crippen molar-refractivity contribution in [3.05, 3.63) is 182 Å². The van der Waals surface area contributed by atoms with Gasteiger partial charge in [-0.2, -0.15) is 0 Å². The van der Waals surface area contributed by atoms with E-state index in [0.29, 0.717) is 0 Å². The maximum Gasteiger partial charge on any atom is -0.00206 e. The van der Waals surface area contributed by atoms with Gasteiger partial charge in [0.15, 0.2) is 0 Å². The van der Waals surface area contributed by atoms with Crippen LogP contribution in [-0.4, -0.2) is 0 Å². The summed E-state index contributed by atoms with van der Waals surface area (Å²) in [4.78, 5) is 0. The predicted octanol–water partition coefficient (Wildman–Crippen LogP) is 14.1. The van der Waals surface area contributed by atoms with Crippen LogP contribution >= 0.6 is 0 Å². The van der Waals surface area contributed by atoms with E-state index in [-0.39, 0.29) is 0 Å². The van der Waals surface area contributed by atoms with Gasteiger partial charge in [0.2, 0.25) is 0 Å². The van der Waals surface area contributed by atoms with Crippen LogP contribution in [0.2, 0.25) is 0 Å². The second-order valence-electron chi connectivity index (χ2n) is 13.7. The lowest BCUT2D eigenvalue weighted by atomic mass is 9.89. The van der Waals surface area contributed by atoms with E-state index in [0.717, 1.165) is 0 Å². The molecule has 0 saturated heterocycles. The van der Waals surface area contributed by atoms with Crippen molar-refractivity contribution in [2.75, 3.05) is 0 Å². The van der Waals surface area contributed by atoms with Crippen molar-refractivity contribution in [2.45, 2.75) is 0 Å². The molecule has 230 valence electrons. The molecule has 0 heterocycles. The molecular formula is C50H30. The van der Waals surface area contributed by atoms with Gasteiger partial charge in [0.25, 0.3) is 0 Å². The van der Waals surface area contributed by atoms with E-state index in [9.17, 15) is 0 Å². The molecule has 0 aliphatic rings. The molecule has 0 bridgehead atoms. The minimum absolute atomic E-state index is 1.22. The largest absolute Gasteiger partial charge is 0.0610 e. The molecule has 0 spiro atoms. The summed E-state index contributed by atoms with van der Waals surface area (Å²) < 4.78 is 0. The van der Waals surface area contributed by atoms with Gasteiger partial charge < -0.3 is 0 Å². The van der Waals surface area contributed by atoms with Crippen LogP contribution in [0.4, 0.5) is 0 Å². The molecule has 0 fully saturated rings. The summed E-state index contributed by atoms with van der Waals surface area (Å²) in [5.41, 5.74) is 9.93. The molecule has 0 aliphatic heterocycles. The highest BCUT2D eigenvalue weighted by atomic mass is 14.2. The fourth-order valence-electron chi connectivity index (χ4n) is 8.54. The summed E-state index contributed by atoms with van der Waals surface area (Å²) >= 11 is 0. The first-order chi connectivity index (χ1) is 24.8. The summed E-state index contributed by atoms with van der Waals surface area (Å²) in [7, 11) is 0. The van der Waals surface area contributed by atoms with Gasteiger partial charge in [-0.3, -0.25) is 0 Å². The van der Waals surface area contributed by atoms with Crippen LogP contribution in [0.1, 0.15) is 0 Å². The quantitative estimate of drug-likeness (QED) is 0.170. The third-order valence-corrected chi connectivity index (χ3v) is 11.0. The van der Waals surface area contributed by atoms with Crippen molar-refractivity contribution in [1.82, 2.24) is 0 Å². The molecule has 0 nitrogen and oxygen atoms in total. The smallest absolute Gasteiger partial charge is 0.00206 e. The van der Waals surface area contributed by atoms with Crippen LogP contribution in [0.15, 0.2) is 182 Å². The van der Waals surface area contributed by atoms with E-state index in [1.54, 1.807) is 0 Å². The summed E-state index contributed by atoms with van der Waals surface area (Å²) in [5, 5.41) is 15.9. The van der Waals surface area contributed by atoms with Crippen LogP contribution in [0, 0.1) is 0 Å². The lowest BCUT2D eigenvalue weighted by Gasteiger charge is -2.15. The Balaban J connectivity index is 0.924. The van der Waals surface area contributed by atoms with Crippen molar-refractivity contribution in [3.8, 4) is 44.5 Å². The fourth-order valence-corrected chi connectivity index (χ4v) is 8.54. The fraction of sp³-hybridized carbons (Fsp3) is 0. The molecule has 50 heavy (non-hydrogen) atoms. The number of hydrogen-bond donors (Lipinski definition) is 0. The van der Waals surface area contributed by atoms with Crippen molar-refractivity contribution < 1.29 is 0 Å². The van der Waals surface area contributed by atoms with Crippen LogP contribution in [-0.2, 0) is 0 Å². The topological polar surface area (TPSA) is 0 Å². The van der Waals surface area contributed by atoms with Crippen LogP contribution < -0.4 is 0 Å². The number of benzene rings is 11. The Bertz CT molecular complexity index is 3020. The molecule has 0 N–H and O–H groups in total. The van der Waals surface area contributed by atoms with Gasteiger partial charge in [-0.15, -0.1) is 0 Å². The molecule has 11 aromatic carbocycles. The van der Waals surface area contributed by atoms with Gasteiger partial charge in [-0.25, -0.2) is 0 Å². The minimum atomic E-state index is 1.22. The molecule has 0 aromatic heterocycles. The van der Waals surface area contributed by atoms with E-state index in [1.165, 1.54) is 109 Å². The molecule has 0 amide bonds. The summed E-state index contributed by atoms with van der Waals surface area (Å²) in [6, 6.07) is 67.5. The summed E-state index contributed by atoms with van der Waals surface area (Å²) in [5.74, 6) is 0.